The summed E-state index contributed by atoms with van der Waals surface area (Å²) in [7, 11) is 0. The first-order valence-corrected chi connectivity index (χ1v) is 6.43. The minimum Gasteiger partial charge on any atom is -0.377 e. The number of rotatable bonds is 6. The second-order valence-electron chi connectivity index (χ2n) is 4.84. The molecule has 0 aliphatic heterocycles. The van der Waals surface area contributed by atoms with Crippen molar-refractivity contribution in [3.05, 3.63) is 35.4 Å². The first-order chi connectivity index (χ1) is 8.63. The van der Waals surface area contributed by atoms with Gasteiger partial charge < -0.3 is 10.5 Å². The highest BCUT2D eigenvalue weighted by Gasteiger charge is 2.36. The molecular formula is C14H19F2NO. The van der Waals surface area contributed by atoms with Crippen molar-refractivity contribution >= 4 is 0 Å². The Morgan fingerprint density at radius 3 is 2.72 bits per heavy atom. The molecule has 1 aliphatic carbocycles. The van der Waals surface area contributed by atoms with Gasteiger partial charge in [0.15, 0.2) is 11.6 Å². The molecule has 0 heterocycles. The zero-order chi connectivity index (χ0) is 13.1. The maximum atomic E-state index is 13.6. The molecule has 1 aliphatic rings. The Hall–Kier alpha value is -1.00. The fourth-order valence-electron chi connectivity index (χ4n) is 2.30. The molecule has 2 unspecified atom stereocenters. The molecule has 0 spiro atoms. The van der Waals surface area contributed by atoms with Crippen LogP contribution in [-0.4, -0.2) is 18.8 Å². The third-order valence-electron chi connectivity index (χ3n) is 3.35. The summed E-state index contributed by atoms with van der Waals surface area (Å²) >= 11 is 0. The summed E-state index contributed by atoms with van der Waals surface area (Å²) in [6.07, 6.45) is 2.50. The van der Waals surface area contributed by atoms with Gasteiger partial charge in [-0.15, -0.1) is 0 Å². The fraction of sp³-hybridized carbons (Fsp3) is 0.571. The quantitative estimate of drug-likeness (QED) is 0.848. The normalized spacial score (nSPS) is 18.7. The Kier molecular flexibility index (Phi) is 4.30. The van der Waals surface area contributed by atoms with Crippen molar-refractivity contribution in [1.82, 2.24) is 0 Å². The van der Waals surface area contributed by atoms with Crippen LogP contribution in [0, 0.1) is 17.6 Å². The van der Waals surface area contributed by atoms with Crippen molar-refractivity contribution in [3.8, 4) is 0 Å². The number of hydrogen-bond donors (Lipinski definition) is 1. The van der Waals surface area contributed by atoms with E-state index in [1.807, 2.05) is 6.92 Å². The fourth-order valence-corrected chi connectivity index (χ4v) is 2.30. The van der Waals surface area contributed by atoms with Crippen molar-refractivity contribution in [2.45, 2.75) is 38.3 Å². The molecule has 100 valence electrons. The Labute approximate surface area is 106 Å². The van der Waals surface area contributed by atoms with Crippen molar-refractivity contribution in [3.63, 3.8) is 0 Å². The van der Waals surface area contributed by atoms with Gasteiger partial charge in [0.25, 0.3) is 0 Å². The number of halogens is 2. The number of hydrogen-bond acceptors (Lipinski definition) is 2. The van der Waals surface area contributed by atoms with E-state index in [0.29, 0.717) is 24.5 Å². The SMILES string of the molecule is CCOC(C(N)Cc1cccc(F)c1F)C1CC1. The molecule has 0 amide bonds. The molecule has 0 radical (unpaired) electrons. The van der Waals surface area contributed by atoms with E-state index >= 15 is 0 Å². The molecule has 1 fully saturated rings. The van der Waals surface area contributed by atoms with Crippen molar-refractivity contribution in [1.29, 1.82) is 0 Å². The zero-order valence-corrected chi connectivity index (χ0v) is 10.5. The van der Waals surface area contributed by atoms with Crippen LogP contribution in [0.1, 0.15) is 25.3 Å². The summed E-state index contributed by atoms with van der Waals surface area (Å²) in [5.74, 6) is -1.13. The average Bonchev–Trinajstić information content (AvgIpc) is 3.16. The minimum absolute atomic E-state index is 0.0438. The molecule has 0 saturated heterocycles. The lowest BCUT2D eigenvalue weighted by Crippen LogP contribution is -2.40. The van der Waals surface area contributed by atoms with Gasteiger partial charge in [-0.25, -0.2) is 8.78 Å². The summed E-state index contributed by atoms with van der Waals surface area (Å²) in [5, 5.41) is 0. The van der Waals surface area contributed by atoms with E-state index in [0.717, 1.165) is 18.9 Å². The van der Waals surface area contributed by atoms with E-state index in [1.165, 1.54) is 6.07 Å². The molecule has 1 aromatic rings. The van der Waals surface area contributed by atoms with E-state index in [9.17, 15) is 8.78 Å². The summed E-state index contributed by atoms with van der Waals surface area (Å²) < 4.78 is 32.3. The predicted octanol–water partition coefficient (Wildman–Crippen LogP) is 2.65. The lowest BCUT2D eigenvalue weighted by atomic mass is 9.98. The van der Waals surface area contributed by atoms with Crippen molar-refractivity contribution < 1.29 is 13.5 Å². The average molecular weight is 255 g/mol. The van der Waals surface area contributed by atoms with Gasteiger partial charge in [0.2, 0.25) is 0 Å². The van der Waals surface area contributed by atoms with Crippen LogP contribution in [0.5, 0.6) is 0 Å². The Morgan fingerprint density at radius 2 is 2.11 bits per heavy atom. The Bertz CT molecular complexity index is 407. The number of nitrogens with two attached hydrogens (primary N) is 1. The first kappa shape index (κ1) is 13.4. The third kappa shape index (κ3) is 3.06. The lowest BCUT2D eigenvalue weighted by molar-refractivity contribution is 0.0286. The monoisotopic (exact) mass is 255 g/mol. The van der Waals surface area contributed by atoms with E-state index in [4.69, 9.17) is 10.5 Å². The molecular weight excluding hydrogens is 236 g/mol. The van der Waals surface area contributed by atoms with E-state index < -0.39 is 11.6 Å². The summed E-state index contributed by atoms with van der Waals surface area (Å²) in [4.78, 5) is 0. The van der Waals surface area contributed by atoms with Crippen LogP contribution in [0.4, 0.5) is 8.78 Å². The smallest absolute Gasteiger partial charge is 0.162 e. The molecule has 0 bridgehead atoms. The highest BCUT2D eigenvalue weighted by molar-refractivity contribution is 5.20. The van der Waals surface area contributed by atoms with Crippen LogP contribution < -0.4 is 5.73 Å². The zero-order valence-electron chi connectivity index (χ0n) is 10.5. The number of benzene rings is 1. The van der Waals surface area contributed by atoms with Gasteiger partial charge in [-0.3, -0.25) is 0 Å². The molecule has 0 aromatic heterocycles. The highest BCUT2D eigenvalue weighted by Crippen LogP contribution is 2.36. The van der Waals surface area contributed by atoms with Gasteiger partial charge in [-0.05, 0) is 43.7 Å². The summed E-state index contributed by atoms with van der Waals surface area (Å²) in [6, 6.07) is 3.92. The van der Waals surface area contributed by atoms with Crippen molar-refractivity contribution in [2.75, 3.05) is 6.61 Å². The minimum atomic E-state index is -0.820. The van der Waals surface area contributed by atoms with E-state index in [2.05, 4.69) is 0 Å². The molecule has 18 heavy (non-hydrogen) atoms. The lowest BCUT2D eigenvalue weighted by Gasteiger charge is -2.24. The standard InChI is InChI=1S/C14H19F2NO/c1-2-18-14(9-6-7-9)12(17)8-10-4-3-5-11(15)13(10)16/h3-5,9,12,14H,2,6-8,17H2,1H3. The Morgan fingerprint density at radius 1 is 1.39 bits per heavy atom. The van der Waals surface area contributed by atoms with Crippen LogP contribution in [0.2, 0.25) is 0 Å². The van der Waals surface area contributed by atoms with E-state index in [-0.39, 0.29) is 12.1 Å². The van der Waals surface area contributed by atoms with Crippen LogP contribution in [0.15, 0.2) is 18.2 Å². The predicted molar refractivity (Wildman–Crippen MR) is 66.2 cm³/mol. The third-order valence-corrected chi connectivity index (χ3v) is 3.35. The molecule has 2 atom stereocenters. The van der Waals surface area contributed by atoms with Crippen LogP contribution in [-0.2, 0) is 11.2 Å². The topological polar surface area (TPSA) is 35.2 Å². The van der Waals surface area contributed by atoms with Gasteiger partial charge in [-0.2, -0.15) is 0 Å². The maximum Gasteiger partial charge on any atom is 0.162 e. The molecule has 1 aromatic carbocycles. The van der Waals surface area contributed by atoms with Gasteiger partial charge in [0.1, 0.15) is 0 Å². The second kappa shape index (κ2) is 5.76. The van der Waals surface area contributed by atoms with Gasteiger partial charge >= 0.3 is 0 Å². The van der Waals surface area contributed by atoms with Crippen LogP contribution in [0.25, 0.3) is 0 Å². The molecule has 2 nitrogen and oxygen atoms in total. The largest absolute Gasteiger partial charge is 0.377 e. The second-order valence-corrected chi connectivity index (χ2v) is 4.84. The summed E-state index contributed by atoms with van der Waals surface area (Å²) in [5.41, 5.74) is 6.41. The first-order valence-electron chi connectivity index (χ1n) is 6.43. The van der Waals surface area contributed by atoms with E-state index in [1.54, 1.807) is 6.07 Å². The number of ether oxygens (including phenoxy) is 1. The maximum absolute atomic E-state index is 13.6. The van der Waals surface area contributed by atoms with Gasteiger partial charge in [0, 0.05) is 12.6 Å². The van der Waals surface area contributed by atoms with Crippen LogP contribution in [0.3, 0.4) is 0 Å². The highest BCUT2D eigenvalue weighted by atomic mass is 19.2. The molecule has 4 heteroatoms. The van der Waals surface area contributed by atoms with Gasteiger partial charge in [-0.1, -0.05) is 12.1 Å². The summed E-state index contributed by atoms with van der Waals surface area (Å²) in [6.45, 7) is 2.52. The molecule has 1 saturated carbocycles. The van der Waals surface area contributed by atoms with Crippen molar-refractivity contribution in [2.24, 2.45) is 11.7 Å². The molecule has 2 rings (SSSR count). The van der Waals surface area contributed by atoms with Gasteiger partial charge in [0.05, 0.1) is 6.10 Å². The van der Waals surface area contributed by atoms with Crippen LogP contribution >= 0.6 is 0 Å². The Balaban J connectivity index is 2.04. The molecule has 2 N–H and O–H groups in total.